The highest BCUT2D eigenvalue weighted by Crippen LogP contribution is 2.24. The van der Waals surface area contributed by atoms with Gasteiger partial charge in [0, 0.05) is 12.1 Å². The number of pyridine rings is 1. The van der Waals surface area contributed by atoms with Gasteiger partial charge in [0.25, 0.3) is 5.56 Å². The van der Waals surface area contributed by atoms with Gasteiger partial charge >= 0.3 is 0 Å². The highest BCUT2D eigenvalue weighted by Gasteiger charge is 2.10. The SMILES string of the molecule is CCCCCn1c(-c2cccs2)ccc(CCl)c1=O. The third-order valence-electron chi connectivity index (χ3n) is 3.16. The van der Waals surface area contributed by atoms with Crippen LogP contribution in [0.3, 0.4) is 0 Å². The molecule has 2 aromatic heterocycles. The molecule has 0 fully saturated rings. The first-order valence-corrected chi connectivity index (χ1v) is 8.02. The van der Waals surface area contributed by atoms with Crippen LogP contribution in [0, 0.1) is 0 Å². The van der Waals surface area contributed by atoms with E-state index in [9.17, 15) is 4.79 Å². The van der Waals surface area contributed by atoms with E-state index in [4.69, 9.17) is 11.6 Å². The zero-order valence-corrected chi connectivity index (χ0v) is 12.6. The maximum Gasteiger partial charge on any atom is 0.255 e. The molecule has 0 unspecified atom stereocenters. The van der Waals surface area contributed by atoms with Gasteiger partial charge < -0.3 is 4.57 Å². The lowest BCUT2D eigenvalue weighted by molar-refractivity contribution is 0.590. The Hall–Kier alpha value is -1.06. The number of thiophene rings is 1. The van der Waals surface area contributed by atoms with Gasteiger partial charge in [-0.3, -0.25) is 4.79 Å². The molecule has 0 atom stereocenters. The van der Waals surface area contributed by atoms with Crippen molar-refractivity contribution in [1.29, 1.82) is 0 Å². The zero-order valence-electron chi connectivity index (χ0n) is 11.1. The average molecular weight is 296 g/mol. The van der Waals surface area contributed by atoms with Crippen LogP contribution >= 0.6 is 22.9 Å². The molecule has 2 nitrogen and oxygen atoms in total. The molecule has 0 amide bonds. The molecule has 0 aliphatic rings. The normalized spacial score (nSPS) is 10.8. The molecule has 0 saturated carbocycles. The summed E-state index contributed by atoms with van der Waals surface area (Å²) in [5, 5.41) is 2.03. The Balaban J connectivity index is 2.42. The summed E-state index contributed by atoms with van der Waals surface area (Å²) in [6, 6.07) is 7.92. The van der Waals surface area contributed by atoms with Crippen LogP contribution in [0.25, 0.3) is 10.6 Å². The predicted molar refractivity (Wildman–Crippen MR) is 83.1 cm³/mol. The Morgan fingerprint density at radius 1 is 1.26 bits per heavy atom. The second kappa shape index (κ2) is 6.92. The number of halogens is 1. The summed E-state index contributed by atoms with van der Waals surface area (Å²) in [5.74, 6) is 0.275. The summed E-state index contributed by atoms with van der Waals surface area (Å²) in [7, 11) is 0. The number of alkyl halides is 1. The molecule has 2 aromatic rings. The van der Waals surface area contributed by atoms with Crippen molar-refractivity contribution in [3.8, 4) is 10.6 Å². The van der Waals surface area contributed by atoms with Gasteiger partial charge in [-0.05, 0) is 23.9 Å². The number of aromatic nitrogens is 1. The fraction of sp³-hybridized carbons (Fsp3) is 0.400. The highest BCUT2D eigenvalue weighted by atomic mass is 35.5. The molecule has 19 heavy (non-hydrogen) atoms. The van der Waals surface area contributed by atoms with Gasteiger partial charge in [0.1, 0.15) is 0 Å². The van der Waals surface area contributed by atoms with E-state index in [0.29, 0.717) is 5.56 Å². The van der Waals surface area contributed by atoms with E-state index in [1.165, 1.54) is 0 Å². The van der Waals surface area contributed by atoms with Crippen LogP contribution in [-0.4, -0.2) is 4.57 Å². The van der Waals surface area contributed by atoms with Gasteiger partial charge in [-0.25, -0.2) is 0 Å². The van der Waals surface area contributed by atoms with Crippen LogP contribution in [0.2, 0.25) is 0 Å². The fourth-order valence-electron chi connectivity index (χ4n) is 2.11. The van der Waals surface area contributed by atoms with Crippen molar-refractivity contribution in [2.75, 3.05) is 0 Å². The lowest BCUT2D eigenvalue weighted by Crippen LogP contribution is -2.24. The summed E-state index contributed by atoms with van der Waals surface area (Å²) < 4.78 is 1.87. The van der Waals surface area contributed by atoms with Crippen LogP contribution in [0.5, 0.6) is 0 Å². The number of nitrogens with zero attached hydrogens (tertiary/aromatic N) is 1. The van der Waals surface area contributed by atoms with Gasteiger partial charge in [-0.2, -0.15) is 0 Å². The van der Waals surface area contributed by atoms with Crippen molar-refractivity contribution in [3.63, 3.8) is 0 Å². The summed E-state index contributed by atoms with van der Waals surface area (Å²) in [6.07, 6.45) is 3.32. The quantitative estimate of drug-likeness (QED) is 0.568. The van der Waals surface area contributed by atoms with E-state index in [1.807, 2.05) is 28.1 Å². The molecule has 2 heterocycles. The van der Waals surface area contributed by atoms with Crippen LogP contribution < -0.4 is 5.56 Å². The summed E-state index contributed by atoms with van der Waals surface area (Å²) in [6.45, 7) is 2.93. The minimum Gasteiger partial charge on any atom is -0.307 e. The molecule has 0 aliphatic heterocycles. The molecule has 2 rings (SSSR count). The van der Waals surface area contributed by atoms with Crippen molar-refractivity contribution in [2.24, 2.45) is 0 Å². The molecular weight excluding hydrogens is 278 g/mol. The number of rotatable bonds is 6. The lowest BCUT2D eigenvalue weighted by Gasteiger charge is -2.13. The highest BCUT2D eigenvalue weighted by molar-refractivity contribution is 7.13. The first kappa shape index (κ1) is 14.4. The van der Waals surface area contributed by atoms with Crippen LogP contribution in [0.15, 0.2) is 34.4 Å². The molecule has 0 aliphatic carbocycles. The number of hydrogen-bond donors (Lipinski definition) is 0. The maximum atomic E-state index is 12.4. The van der Waals surface area contributed by atoms with Gasteiger partial charge in [0.15, 0.2) is 0 Å². The largest absolute Gasteiger partial charge is 0.307 e. The van der Waals surface area contributed by atoms with E-state index in [-0.39, 0.29) is 11.4 Å². The van der Waals surface area contributed by atoms with Gasteiger partial charge in [-0.15, -0.1) is 22.9 Å². The molecule has 0 aromatic carbocycles. The van der Waals surface area contributed by atoms with Crippen LogP contribution in [0.4, 0.5) is 0 Å². The summed E-state index contributed by atoms with van der Waals surface area (Å²) in [5.41, 5.74) is 1.74. The summed E-state index contributed by atoms with van der Waals surface area (Å²) in [4.78, 5) is 13.5. The van der Waals surface area contributed by atoms with Crippen LogP contribution in [0.1, 0.15) is 31.7 Å². The average Bonchev–Trinajstić information content (AvgIpc) is 2.94. The van der Waals surface area contributed by atoms with Crippen molar-refractivity contribution < 1.29 is 0 Å². The fourth-order valence-corrected chi connectivity index (χ4v) is 3.07. The third-order valence-corrected chi connectivity index (χ3v) is 4.34. The Labute approximate surface area is 122 Å². The molecule has 0 radical (unpaired) electrons. The first-order chi connectivity index (χ1) is 9.27. The molecule has 0 N–H and O–H groups in total. The molecule has 102 valence electrons. The second-order valence-electron chi connectivity index (χ2n) is 4.52. The number of hydrogen-bond acceptors (Lipinski definition) is 2. The zero-order chi connectivity index (χ0) is 13.7. The molecule has 0 saturated heterocycles. The Bertz CT molecular complexity index is 574. The molecule has 0 bridgehead atoms. The molecule has 4 heteroatoms. The van der Waals surface area contributed by atoms with Crippen molar-refractivity contribution in [3.05, 3.63) is 45.6 Å². The van der Waals surface area contributed by atoms with E-state index >= 15 is 0 Å². The van der Waals surface area contributed by atoms with Gasteiger partial charge in [0.05, 0.1) is 16.5 Å². The smallest absolute Gasteiger partial charge is 0.255 e. The predicted octanol–water partition coefficient (Wildman–Crippen LogP) is 4.51. The number of unbranched alkanes of at least 4 members (excludes halogenated alkanes) is 2. The molecular formula is C15H18ClNOS. The van der Waals surface area contributed by atoms with Gasteiger partial charge in [-0.1, -0.05) is 31.9 Å². The van der Waals surface area contributed by atoms with Crippen molar-refractivity contribution in [2.45, 2.75) is 38.6 Å². The van der Waals surface area contributed by atoms with E-state index in [1.54, 1.807) is 11.3 Å². The van der Waals surface area contributed by atoms with E-state index < -0.39 is 0 Å². The van der Waals surface area contributed by atoms with Crippen molar-refractivity contribution >= 4 is 22.9 Å². The minimum atomic E-state index is 0.0528. The van der Waals surface area contributed by atoms with Crippen molar-refractivity contribution in [1.82, 2.24) is 4.57 Å². The van der Waals surface area contributed by atoms with E-state index in [2.05, 4.69) is 13.0 Å². The maximum absolute atomic E-state index is 12.4. The lowest BCUT2D eigenvalue weighted by atomic mass is 10.2. The minimum absolute atomic E-state index is 0.0528. The Morgan fingerprint density at radius 3 is 2.74 bits per heavy atom. The topological polar surface area (TPSA) is 22.0 Å². The standard InChI is InChI=1S/C15H18ClNOS/c1-2-3-4-9-17-13(14-6-5-10-19-14)8-7-12(11-16)15(17)18/h5-8,10H,2-4,9,11H2,1H3. The van der Waals surface area contributed by atoms with E-state index in [0.717, 1.165) is 36.4 Å². The summed E-state index contributed by atoms with van der Waals surface area (Å²) >= 11 is 7.49. The monoisotopic (exact) mass is 295 g/mol. The van der Waals surface area contributed by atoms with Crippen LogP contribution in [-0.2, 0) is 12.4 Å². The Kier molecular flexibility index (Phi) is 5.23. The third kappa shape index (κ3) is 3.28. The first-order valence-electron chi connectivity index (χ1n) is 6.60. The second-order valence-corrected chi connectivity index (χ2v) is 5.73. The van der Waals surface area contributed by atoms with Gasteiger partial charge in [0.2, 0.25) is 0 Å². The molecule has 0 spiro atoms. The Morgan fingerprint density at radius 2 is 2.11 bits per heavy atom.